The Bertz CT molecular complexity index is 2040. The van der Waals surface area contributed by atoms with E-state index < -0.39 is 124 Å². The number of carbonyl (C=O) groups excluding carboxylic acids is 1. The molecule has 3 saturated heterocycles. The lowest BCUT2D eigenvalue weighted by molar-refractivity contribution is -0.379. The number of carbonyl (C=O) groups is 1. The van der Waals surface area contributed by atoms with Crippen LogP contribution < -0.4 is 5.32 Å². The average Bonchev–Trinajstić information content (AvgIpc) is 0.780. The SMILES string of the molecule is CCCCCCCCCC/C=C\CCCCCCCCCCCCCCCCCCCCCCCCCC(=O)NC(COC1OC(CO)C(OC2OC(CO)C(OC3OC(CO)C(O)C(O)C3O)C(O)C2O)C(O)C1O)C(O)CCCCCCCCCCCCCCCCCCCCCCCCCCCCCCCCC. The van der Waals surface area contributed by atoms with Crippen LogP contribution in [0.25, 0.3) is 0 Å². The van der Waals surface area contributed by atoms with Gasteiger partial charge in [0.25, 0.3) is 0 Å². The van der Waals surface area contributed by atoms with Crippen molar-refractivity contribution < 1.29 is 89.4 Å². The Morgan fingerprint density at radius 1 is 0.315 bits per heavy atom. The molecule has 0 radical (unpaired) electrons. The highest BCUT2D eigenvalue weighted by molar-refractivity contribution is 5.76. The zero-order valence-electron chi connectivity index (χ0n) is 71.2. The van der Waals surface area contributed by atoms with E-state index in [1.54, 1.807) is 0 Å². The zero-order chi connectivity index (χ0) is 80.3. The lowest BCUT2D eigenvalue weighted by atomic mass is 9.96. The van der Waals surface area contributed by atoms with Crippen LogP contribution in [-0.4, -0.2) is 193 Å². The maximum Gasteiger partial charge on any atom is 0.220 e. The Morgan fingerprint density at radius 3 is 0.874 bits per heavy atom. The van der Waals surface area contributed by atoms with Crippen LogP contribution in [0.4, 0.5) is 0 Å². The van der Waals surface area contributed by atoms with Crippen molar-refractivity contribution >= 4 is 5.91 Å². The molecular weight excluding hydrogens is 1410 g/mol. The Morgan fingerprint density at radius 2 is 0.568 bits per heavy atom. The molecular formula is C92H177NO18. The summed E-state index contributed by atoms with van der Waals surface area (Å²) < 4.78 is 34.6. The summed E-state index contributed by atoms with van der Waals surface area (Å²) in [5.41, 5.74) is 0. The summed E-state index contributed by atoms with van der Waals surface area (Å²) in [5.74, 6) is -0.231. The van der Waals surface area contributed by atoms with Crippen molar-refractivity contribution in [2.45, 2.75) is 542 Å². The third-order valence-corrected chi connectivity index (χ3v) is 24.1. The van der Waals surface area contributed by atoms with Gasteiger partial charge < -0.3 is 89.9 Å². The molecule has 17 atom stereocenters. The third kappa shape index (κ3) is 50.9. The molecule has 1 amide bonds. The van der Waals surface area contributed by atoms with Crippen molar-refractivity contribution in [3.63, 3.8) is 0 Å². The van der Waals surface area contributed by atoms with Crippen LogP contribution in [0.5, 0.6) is 0 Å². The van der Waals surface area contributed by atoms with E-state index >= 15 is 0 Å². The van der Waals surface area contributed by atoms with E-state index in [1.807, 2.05) is 0 Å². The molecule has 3 heterocycles. The van der Waals surface area contributed by atoms with Crippen molar-refractivity contribution in [3.05, 3.63) is 12.2 Å². The standard InChI is InChI=1S/C92H177NO18/c1-3-5-7-9-11-13-15-17-19-21-23-25-27-29-31-33-35-36-37-38-40-42-44-46-48-50-52-54-56-58-60-62-64-66-68-70-80(98)93-75(76(97)69-67-65-63-61-59-57-55-53-51-49-47-45-43-41-39-34-32-30-28-26-24-22-20-18-16-14-12-10-8-6-4-2)74-106-90-86(104)83(101)88(78(72-95)108-90)111-92-87(105)84(102)89(79(73-96)109-92)110-91-85(103)82(100)81(99)77(71-94)107-91/h21,23,75-79,81-92,94-97,99-105H,3-20,22,24-74H2,1-2H3,(H,93,98)/b23-21-. The molecule has 3 fully saturated rings. The second-order valence-corrected chi connectivity index (χ2v) is 34.2. The number of nitrogens with one attached hydrogen (secondary N) is 1. The van der Waals surface area contributed by atoms with Gasteiger partial charge >= 0.3 is 0 Å². The molecule has 19 nitrogen and oxygen atoms in total. The number of aliphatic hydroxyl groups is 11. The topological polar surface area (TPSA) is 307 Å². The first kappa shape index (κ1) is 104. The first-order valence-electron chi connectivity index (χ1n) is 47.4. The highest BCUT2D eigenvalue weighted by Crippen LogP contribution is 2.34. The molecule has 0 aromatic heterocycles. The van der Waals surface area contributed by atoms with Crippen LogP contribution >= 0.6 is 0 Å². The van der Waals surface area contributed by atoms with E-state index in [1.165, 1.54) is 360 Å². The van der Waals surface area contributed by atoms with Gasteiger partial charge in [0.1, 0.15) is 73.2 Å². The third-order valence-electron chi connectivity index (χ3n) is 24.1. The second-order valence-electron chi connectivity index (χ2n) is 34.2. The summed E-state index contributed by atoms with van der Waals surface area (Å²) in [7, 11) is 0. The molecule has 0 bridgehead atoms. The van der Waals surface area contributed by atoms with Crippen LogP contribution in [0.15, 0.2) is 12.2 Å². The molecule has 3 rings (SSSR count). The molecule has 19 heteroatoms. The number of rotatable bonds is 79. The van der Waals surface area contributed by atoms with E-state index in [9.17, 15) is 61.0 Å². The van der Waals surface area contributed by atoms with Crippen LogP contribution in [0.1, 0.15) is 438 Å². The quantitative estimate of drug-likeness (QED) is 0.0199. The van der Waals surface area contributed by atoms with Crippen molar-refractivity contribution in [1.29, 1.82) is 0 Å². The van der Waals surface area contributed by atoms with E-state index in [2.05, 4.69) is 31.3 Å². The van der Waals surface area contributed by atoms with Crippen molar-refractivity contribution in [2.75, 3.05) is 26.4 Å². The molecule has 3 aliphatic rings. The van der Waals surface area contributed by atoms with Gasteiger partial charge in [0, 0.05) is 6.42 Å². The first-order valence-corrected chi connectivity index (χ1v) is 47.4. The zero-order valence-corrected chi connectivity index (χ0v) is 71.2. The Balaban J connectivity index is 1.30. The fraction of sp³-hybridized carbons (Fsp3) is 0.967. The number of hydrogen-bond donors (Lipinski definition) is 12. The summed E-state index contributed by atoms with van der Waals surface area (Å²) in [6, 6.07) is -0.886. The van der Waals surface area contributed by atoms with Gasteiger partial charge in [-0.05, 0) is 38.5 Å². The summed E-state index contributed by atoms with van der Waals surface area (Å²) in [6.45, 7) is 1.89. The van der Waals surface area contributed by atoms with Crippen LogP contribution in [-0.2, 0) is 33.2 Å². The van der Waals surface area contributed by atoms with E-state index in [0.717, 1.165) is 44.9 Å². The first-order chi connectivity index (χ1) is 54.3. The van der Waals surface area contributed by atoms with E-state index in [-0.39, 0.29) is 18.9 Å². The number of ether oxygens (including phenoxy) is 6. The minimum atomic E-state index is -1.97. The summed E-state index contributed by atoms with van der Waals surface area (Å²) in [6.07, 6.45) is 63.4. The molecule has 111 heavy (non-hydrogen) atoms. The predicted octanol–water partition coefficient (Wildman–Crippen LogP) is 18.6. The molecule has 0 aromatic carbocycles. The number of hydrogen-bond acceptors (Lipinski definition) is 18. The van der Waals surface area contributed by atoms with Gasteiger partial charge in [-0.2, -0.15) is 0 Å². The molecule has 658 valence electrons. The van der Waals surface area contributed by atoms with Gasteiger partial charge in [0.05, 0.1) is 38.6 Å². The number of allylic oxidation sites excluding steroid dienone is 2. The van der Waals surface area contributed by atoms with Crippen LogP contribution in [0.2, 0.25) is 0 Å². The minimum absolute atomic E-state index is 0.231. The monoisotopic (exact) mass is 1580 g/mol. The Kier molecular flexibility index (Phi) is 67.8. The van der Waals surface area contributed by atoms with Gasteiger partial charge in [-0.15, -0.1) is 0 Å². The fourth-order valence-corrected chi connectivity index (χ4v) is 16.6. The predicted molar refractivity (Wildman–Crippen MR) is 448 cm³/mol. The Labute approximate surface area is 677 Å². The van der Waals surface area contributed by atoms with Crippen LogP contribution in [0, 0.1) is 0 Å². The largest absolute Gasteiger partial charge is 0.394 e. The summed E-state index contributed by atoms with van der Waals surface area (Å²) in [5, 5.41) is 121. The normalized spacial score (nSPS) is 25.0. The number of aliphatic hydroxyl groups excluding tert-OH is 11. The molecule has 17 unspecified atom stereocenters. The van der Waals surface area contributed by atoms with Gasteiger partial charge in [-0.3, -0.25) is 4.79 Å². The average molecular weight is 1590 g/mol. The van der Waals surface area contributed by atoms with Gasteiger partial charge in [-0.1, -0.05) is 405 Å². The molecule has 0 aliphatic carbocycles. The molecule has 12 N–H and O–H groups in total. The smallest absolute Gasteiger partial charge is 0.220 e. The fourth-order valence-electron chi connectivity index (χ4n) is 16.6. The molecule has 0 saturated carbocycles. The highest BCUT2D eigenvalue weighted by atomic mass is 16.8. The maximum atomic E-state index is 13.6. The summed E-state index contributed by atoms with van der Waals surface area (Å²) >= 11 is 0. The lowest BCUT2D eigenvalue weighted by Gasteiger charge is -2.48. The van der Waals surface area contributed by atoms with E-state index in [4.69, 9.17) is 28.4 Å². The van der Waals surface area contributed by atoms with Crippen molar-refractivity contribution in [3.8, 4) is 0 Å². The lowest BCUT2D eigenvalue weighted by Crippen LogP contribution is -2.66. The van der Waals surface area contributed by atoms with Crippen LogP contribution in [0.3, 0.4) is 0 Å². The van der Waals surface area contributed by atoms with Gasteiger partial charge in [0.2, 0.25) is 5.91 Å². The number of amides is 1. The summed E-state index contributed by atoms with van der Waals surface area (Å²) in [4.78, 5) is 13.6. The maximum absolute atomic E-state index is 13.6. The minimum Gasteiger partial charge on any atom is -0.394 e. The van der Waals surface area contributed by atoms with E-state index in [0.29, 0.717) is 12.8 Å². The molecule has 0 aromatic rings. The number of unbranched alkanes of at least 4 members (excludes halogenated alkanes) is 61. The molecule has 3 aliphatic heterocycles. The second kappa shape index (κ2) is 72.5. The Hall–Kier alpha value is -1.47. The van der Waals surface area contributed by atoms with Crippen molar-refractivity contribution in [1.82, 2.24) is 5.32 Å². The van der Waals surface area contributed by atoms with Crippen molar-refractivity contribution in [2.24, 2.45) is 0 Å². The highest BCUT2D eigenvalue weighted by Gasteiger charge is 2.54. The van der Waals surface area contributed by atoms with Gasteiger partial charge in [-0.25, -0.2) is 0 Å². The van der Waals surface area contributed by atoms with Gasteiger partial charge in [0.15, 0.2) is 18.9 Å². The molecule has 0 spiro atoms.